The maximum Gasteiger partial charge on any atom is 0.256 e. The number of benzene rings is 1. The average Bonchev–Trinajstić information content (AvgIpc) is 2.56. The van der Waals surface area contributed by atoms with Crippen molar-refractivity contribution in [3.8, 4) is 0 Å². The van der Waals surface area contributed by atoms with E-state index >= 15 is 0 Å². The third-order valence-electron chi connectivity index (χ3n) is 2.74. The van der Waals surface area contributed by atoms with Gasteiger partial charge in [0.05, 0.1) is 0 Å². The molecule has 2 N–H and O–H groups in total. The van der Waals surface area contributed by atoms with E-state index in [1.165, 1.54) is 0 Å². The standard InChI is InChI=1S/C11H12N2OS/c1-2-11(8-6-4-3-5-7-8)9(14)12-10(15)13-11/h3-7H,2H2,1H3,(H2,12,13,14,15)/t11-/m1/s1. The first kappa shape index (κ1) is 10.1. The van der Waals surface area contributed by atoms with Crippen molar-refractivity contribution < 1.29 is 4.79 Å². The molecule has 0 unspecified atom stereocenters. The van der Waals surface area contributed by atoms with Crippen molar-refractivity contribution >= 4 is 23.2 Å². The van der Waals surface area contributed by atoms with Crippen molar-refractivity contribution in [1.82, 2.24) is 10.6 Å². The highest BCUT2D eigenvalue weighted by Gasteiger charge is 2.44. The maximum absolute atomic E-state index is 11.9. The van der Waals surface area contributed by atoms with Gasteiger partial charge in [-0.3, -0.25) is 4.79 Å². The van der Waals surface area contributed by atoms with Crippen molar-refractivity contribution in [3.05, 3.63) is 35.9 Å². The molecule has 0 bridgehead atoms. The van der Waals surface area contributed by atoms with Crippen LogP contribution in [0.1, 0.15) is 18.9 Å². The number of carbonyl (C=O) groups excluding carboxylic acids is 1. The summed E-state index contributed by atoms with van der Waals surface area (Å²) >= 11 is 4.97. The van der Waals surface area contributed by atoms with Crippen LogP contribution in [0.5, 0.6) is 0 Å². The molecule has 1 heterocycles. The summed E-state index contributed by atoms with van der Waals surface area (Å²) in [5, 5.41) is 6.10. The van der Waals surface area contributed by atoms with Crippen LogP contribution in [-0.4, -0.2) is 11.0 Å². The molecule has 1 aromatic rings. The lowest BCUT2D eigenvalue weighted by atomic mass is 9.87. The smallest absolute Gasteiger partial charge is 0.256 e. The number of thiocarbonyl (C=S) groups is 1. The Bertz CT molecular complexity index is 404. The van der Waals surface area contributed by atoms with Gasteiger partial charge in [-0.2, -0.15) is 0 Å². The second-order valence-electron chi connectivity index (χ2n) is 3.53. The molecule has 1 aliphatic heterocycles. The summed E-state index contributed by atoms with van der Waals surface area (Å²) in [6, 6.07) is 9.64. The van der Waals surface area contributed by atoms with Crippen LogP contribution in [0.15, 0.2) is 30.3 Å². The average molecular weight is 220 g/mol. The zero-order chi connectivity index (χ0) is 10.9. The normalized spacial score (nSPS) is 24.9. The van der Waals surface area contributed by atoms with Crippen LogP contribution in [-0.2, 0) is 10.3 Å². The number of amides is 1. The van der Waals surface area contributed by atoms with Gasteiger partial charge in [-0.15, -0.1) is 0 Å². The molecule has 4 heteroatoms. The molecule has 0 saturated carbocycles. The summed E-state index contributed by atoms with van der Waals surface area (Å²) in [6.45, 7) is 1.97. The van der Waals surface area contributed by atoms with Crippen LogP contribution in [0, 0.1) is 0 Å². The summed E-state index contributed by atoms with van der Waals surface area (Å²) in [5.74, 6) is -0.0683. The number of hydrogen-bond acceptors (Lipinski definition) is 2. The molecule has 0 aromatic heterocycles. The minimum absolute atomic E-state index is 0.0683. The molecule has 1 fully saturated rings. The Labute approximate surface area is 93.9 Å². The Balaban J connectivity index is 2.47. The van der Waals surface area contributed by atoms with Crippen molar-refractivity contribution in [2.45, 2.75) is 18.9 Å². The quantitative estimate of drug-likeness (QED) is 0.738. The predicted octanol–water partition coefficient (Wildman–Crippen LogP) is 1.30. The highest BCUT2D eigenvalue weighted by atomic mass is 32.1. The van der Waals surface area contributed by atoms with E-state index in [2.05, 4.69) is 10.6 Å². The number of carbonyl (C=O) groups is 1. The Kier molecular flexibility index (Phi) is 2.44. The molecule has 1 aromatic carbocycles. The van der Waals surface area contributed by atoms with E-state index in [4.69, 9.17) is 12.2 Å². The highest BCUT2D eigenvalue weighted by Crippen LogP contribution is 2.27. The van der Waals surface area contributed by atoms with Crippen molar-refractivity contribution in [1.29, 1.82) is 0 Å². The summed E-state index contributed by atoms with van der Waals surface area (Å²) in [4.78, 5) is 11.9. The SMILES string of the molecule is CC[C@]1(c2ccccc2)NC(=S)NC1=O. The monoisotopic (exact) mass is 220 g/mol. The lowest BCUT2D eigenvalue weighted by molar-refractivity contribution is -0.124. The van der Waals surface area contributed by atoms with E-state index < -0.39 is 5.54 Å². The molecule has 0 radical (unpaired) electrons. The molecule has 15 heavy (non-hydrogen) atoms. The van der Waals surface area contributed by atoms with Gasteiger partial charge in [-0.05, 0) is 24.2 Å². The van der Waals surface area contributed by atoms with Crippen molar-refractivity contribution in [2.24, 2.45) is 0 Å². The van der Waals surface area contributed by atoms with Crippen LogP contribution >= 0.6 is 12.2 Å². The van der Waals surface area contributed by atoms with E-state index in [1.807, 2.05) is 37.3 Å². The van der Waals surface area contributed by atoms with Gasteiger partial charge >= 0.3 is 0 Å². The van der Waals surface area contributed by atoms with E-state index in [-0.39, 0.29) is 5.91 Å². The van der Waals surface area contributed by atoms with Gasteiger partial charge in [-0.25, -0.2) is 0 Å². The van der Waals surface area contributed by atoms with E-state index in [0.29, 0.717) is 11.5 Å². The minimum atomic E-state index is -0.682. The first-order chi connectivity index (χ1) is 7.19. The third-order valence-corrected chi connectivity index (χ3v) is 2.94. The summed E-state index contributed by atoms with van der Waals surface area (Å²) in [7, 11) is 0. The van der Waals surface area contributed by atoms with Gasteiger partial charge < -0.3 is 10.6 Å². The molecule has 1 aliphatic rings. The van der Waals surface area contributed by atoms with Crippen LogP contribution in [0.4, 0.5) is 0 Å². The molecule has 2 rings (SSSR count). The second-order valence-corrected chi connectivity index (χ2v) is 3.94. The summed E-state index contributed by atoms with van der Waals surface area (Å²) in [6.07, 6.45) is 0.670. The van der Waals surface area contributed by atoms with Crippen molar-refractivity contribution in [2.75, 3.05) is 0 Å². The van der Waals surface area contributed by atoms with Gasteiger partial charge in [0.25, 0.3) is 5.91 Å². The first-order valence-corrected chi connectivity index (χ1v) is 5.29. The number of hydrogen-bond donors (Lipinski definition) is 2. The van der Waals surface area contributed by atoms with Crippen LogP contribution in [0.3, 0.4) is 0 Å². The van der Waals surface area contributed by atoms with Crippen molar-refractivity contribution in [3.63, 3.8) is 0 Å². The largest absolute Gasteiger partial charge is 0.344 e. The maximum atomic E-state index is 11.9. The molecule has 1 saturated heterocycles. The van der Waals surface area contributed by atoms with Gasteiger partial charge in [-0.1, -0.05) is 37.3 Å². The zero-order valence-corrected chi connectivity index (χ0v) is 9.23. The fraction of sp³-hybridized carbons (Fsp3) is 0.273. The highest BCUT2D eigenvalue weighted by molar-refractivity contribution is 7.80. The van der Waals surface area contributed by atoms with Crippen LogP contribution in [0.2, 0.25) is 0 Å². The molecular weight excluding hydrogens is 208 g/mol. The molecule has 1 amide bonds. The fourth-order valence-electron chi connectivity index (χ4n) is 1.87. The molecule has 3 nitrogen and oxygen atoms in total. The Morgan fingerprint density at radius 1 is 1.33 bits per heavy atom. The van der Waals surface area contributed by atoms with E-state index in [0.717, 1.165) is 5.56 Å². The van der Waals surface area contributed by atoms with Crippen LogP contribution < -0.4 is 10.6 Å². The summed E-state index contributed by atoms with van der Waals surface area (Å²) in [5.41, 5.74) is 0.267. The summed E-state index contributed by atoms with van der Waals surface area (Å²) < 4.78 is 0. The molecular formula is C11H12N2OS. The molecule has 78 valence electrons. The number of rotatable bonds is 2. The van der Waals surface area contributed by atoms with E-state index in [1.54, 1.807) is 0 Å². The third kappa shape index (κ3) is 1.51. The van der Waals surface area contributed by atoms with Gasteiger partial charge in [0.2, 0.25) is 0 Å². The molecule has 1 atom stereocenters. The molecule has 0 spiro atoms. The fourth-order valence-corrected chi connectivity index (χ4v) is 2.14. The van der Waals surface area contributed by atoms with Gasteiger partial charge in [0.1, 0.15) is 5.54 Å². The second kappa shape index (κ2) is 3.62. The van der Waals surface area contributed by atoms with E-state index in [9.17, 15) is 4.79 Å². The lowest BCUT2D eigenvalue weighted by Crippen LogP contribution is -2.43. The molecule has 0 aliphatic carbocycles. The van der Waals surface area contributed by atoms with Crippen LogP contribution in [0.25, 0.3) is 0 Å². The Hall–Kier alpha value is -1.42. The Morgan fingerprint density at radius 3 is 2.47 bits per heavy atom. The first-order valence-electron chi connectivity index (χ1n) is 4.88. The Morgan fingerprint density at radius 2 is 2.00 bits per heavy atom. The zero-order valence-electron chi connectivity index (χ0n) is 8.41. The number of nitrogens with one attached hydrogen (secondary N) is 2. The van der Waals surface area contributed by atoms with Gasteiger partial charge in [0.15, 0.2) is 5.11 Å². The predicted molar refractivity (Wildman–Crippen MR) is 62.3 cm³/mol. The lowest BCUT2D eigenvalue weighted by Gasteiger charge is -2.25. The topological polar surface area (TPSA) is 41.1 Å². The van der Waals surface area contributed by atoms with Gasteiger partial charge in [0, 0.05) is 0 Å². The minimum Gasteiger partial charge on any atom is -0.344 e.